The van der Waals surface area contributed by atoms with Gasteiger partial charge in [-0.05, 0) is 19.9 Å². The first-order valence-electron chi connectivity index (χ1n) is 6.62. The van der Waals surface area contributed by atoms with E-state index in [1.165, 1.54) is 5.56 Å². The largest absolute Gasteiger partial charge is 0.493 e. The van der Waals surface area contributed by atoms with Crippen molar-refractivity contribution in [2.45, 2.75) is 32.9 Å². The molecule has 1 aliphatic heterocycles. The molecule has 0 saturated carbocycles. The quantitative estimate of drug-likeness (QED) is 0.919. The summed E-state index contributed by atoms with van der Waals surface area (Å²) >= 11 is 0. The van der Waals surface area contributed by atoms with Gasteiger partial charge in [0.15, 0.2) is 0 Å². The van der Waals surface area contributed by atoms with Crippen LogP contribution >= 0.6 is 0 Å². The third kappa shape index (κ3) is 2.49. The molecule has 2 aromatic rings. The molecule has 19 heavy (non-hydrogen) atoms. The van der Waals surface area contributed by atoms with Gasteiger partial charge < -0.3 is 14.5 Å². The number of fused-ring (bicyclic) bond motifs is 1. The van der Waals surface area contributed by atoms with Crippen LogP contribution in [0.1, 0.15) is 35.4 Å². The second kappa shape index (κ2) is 5.05. The molecule has 0 bridgehead atoms. The van der Waals surface area contributed by atoms with Crippen LogP contribution in [0.3, 0.4) is 0 Å². The number of hydrogen-bond donors (Lipinski definition) is 1. The molecular formula is C15H18N2O2. The number of oxazole rings is 1. The Balaban J connectivity index is 1.71. The number of nitrogens with zero attached hydrogens (tertiary/aromatic N) is 1. The van der Waals surface area contributed by atoms with E-state index in [1.54, 1.807) is 0 Å². The van der Waals surface area contributed by atoms with Crippen LogP contribution in [-0.2, 0) is 6.54 Å². The highest BCUT2D eigenvalue weighted by atomic mass is 16.5. The molecule has 4 nitrogen and oxygen atoms in total. The summed E-state index contributed by atoms with van der Waals surface area (Å²) in [5.41, 5.74) is 2.18. The first-order chi connectivity index (χ1) is 9.24. The molecule has 1 aromatic heterocycles. The van der Waals surface area contributed by atoms with Crippen molar-refractivity contribution in [3.05, 3.63) is 47.2 Å². The first-order valence-corrected chi connectivity index (χ1v) is 6.62. The summed E-state index contributed by atoms with van der Waals surface area (Å²) in [5, 5.41) is 3.50. The van der Waals surface area contributed by atoms with Crippen LogP contribution in [0.2, 0.25) is 0 Å². The molecule has 1 N–H and O–H groups in total. The molecule has 1 unspecified atom stereocenters. The highest BCUT2D eigenvalue weighted by Crippen LogP contribution is 2.31. The monoisotopic (exact) mass is 258 g/mol. The number of ether oxygens (including phenoxy) is 1. The van der Waals surface area contributed by atoms with Gasteiger partial charge in [0.25, 0.3) is 0 Å². The standard InChI is InChI=1S/C15H18N2O2/c1-10-11(2)19-15(17-10)9-16-13-7-8-18-14-6-4-3-5-12(13)14/h3-6,13,16H,7-9H2,1-2H3. The van der Waals surface area contributed by atoms with Gasteiger partial charge in [0.05, 0.1) is 18.8 Å². The maximum absolute atomic E-state index is 5.65. The van der Waals surface area contributed by atoms with Gasteiger partial charge in [-0.3, -0.25) is 0 Å². The van der Waals surface area contributed by atoms with Gasteiger partial charge in [-0.2, -0.15) is 0 Å². The summed E-state index contributed by atoms with van der Waals surface area (Å²) < 4.78 is 11.2. The fourth-order valence-corrected chi connectivity index (χ4v) is 2.38. The Labute approximate surface area is 112 Å². The number of aromatic nitrogens is 1. The molecule has 4 heteroatoms. The van der Waals surface area contributed by atoms with E-state index >= 15 is 0 Å². The number of para-hydroxylation sites is 1. The third-order valence-electron chi connectivity index (χ3n) is 3.53. The van der Waals surface area contributed by atoms with Gasteiger partial charge in [-0.1, -0.05) is 18.2 Å². The van der Waals surface area contributed by atoms with E-state index < -0.39 is 0 Å². The minimum Gasteiger partial charge on any atom is -0.493 e. The van der Waals surface area contributed by atoms with E-state index in [0.717, 1.165) is 36.1 Å². The average Bonchev–Trinajstić information content (AvgIpc) is 2.75. The van der Waals surface area contributed by atoms with Crippen LogP contribution in [0, 0.1) is 13.8 Å². The highest BCUT2D eigenvalue weighted by Gasteiger charge is 2.21. The Hall–Kier alpha value is -1.81. The molecule has 1 atom stereocenters. The van der Waals surface area contributed by atoms with Gasteiger partial charge in [0.2, 0.25) is 5.89 Å². The van der Waals surface area contributed by atoms with E-state index in [1.807, 2.05) is 32.0 Å². The van der Waals surface area contributed by atoms with E-state index in [2.05, 4.69) is 16.4 Å². The smallest absolute Gasteiger partial charge is 0.208 e. The van der Waals surface area contributed by atoms with Crippen molar-refractivity contribution in [3.8, 4) is 5.75 Å². The third-order valence-corrected chi connectivity index (χ3v) is 3.53. The van der Waals surface area contributed by atoms with Crippen LogP contribution in [0.25, 0.3) is 0 Å². The number of benzene rings is 1. The Morgan fingerprint density at radius 3 is 2.95 bits per heavy atom. The molecule has 2 heterocycles. The van der Waals surface area contributed by atoms with Crippen molar-refractivity contribution in [3.63, 3.8) is 0 Å². The molecule has 0 saturated heterocycles. The second-order valence-corrected chi connectivity index (χ2v) is 4.86. The second-order valence-electron chi connectivity index (χ2n) is 4.86. The Morgan fingerprint density at radius 1 is 1.32 bits per heavy atom. The van der Waals surface area contributed by atoms with E-state index in [4.69, 9.17) is 9.15 Å². The summed E-state index contributed by atoms with van der Waals surface area (Å²) in [6.45, 7) is 5.30. The topological polar surface area (TPSA) is 47.3 Å². The number of aryl methyl sites for hydroxylation is 2. The van der Waals surface area contributed by atoms with E-state index in [-0.39, 0.29) is 0 Å². The van der Waals surface area contributed by atoms with Crippen molar-refractivity contribution in [2.75, 3.05) is 6.61 Å². The van der Waals surface area contributed by atoms with Crippen molar-refractivity contribution >= 4 is 0 Å². The predicted molar refractivity (Wildman–Crippen MR) is 72.1 cm³/mol. The van der Waals surface area contributed by atoms with Crippen molar-refractivity contribution in [2.24, 2.45) is 0 Å². The lowest BCUT2D eigenvalue weighted by Crippen LogP contribution is -2.26. The molecule has 1 aromatic carbocycles. The van der Waals surface area contributed by atoms with Gasteiger partial charge in [-0.25, -0.2) is 4.98 Å². The molecular weight excluding hydrogens is 240 g/mol. The normalized spacial score (nSPS) is 17.9. The summed E-state index contributed by atoms with van der Waals surface area (Å²) in [5.74, 6) is 2.62. The average molecular weight is 258 g/mol. The van der Waals surface area contributed by atoms with Crippen LogP contribution in [0.15, 0.2) is 28.7 Å². The highest BCUT2D eigenvalue weighted by molar-refractivity contribution is 5.37. The molecule has 3 rings (SSSR count). The molecule has 0 radical (unpaired) electrons. The summed E-state index contributed by atoms with van der Waals surface area (Å²) in [4.78, 5) is 4.39. The Bertz CT molecular complexity index is 558. The lowest BCUT2D eigenvalue weighted by molar-refractivity contribution is 0.249. The fraction of sp³-hybridized carbons (Fsp3) is 0.400. The molecule has 0 spiro atoms. The number of hydrogen-bond acceptors (Lipinski definition) is 4. The molecule has 0 fully saturated rings. The number of rotatable bonds is 3. The van der Waals surface area contributed by atoms with Crippen LogP contribution in [0.5, 0.6) is 5.75 Å². The molecule has 0 amide bonds. The fourth-order valence-electron chi connectivity index (χ4n) is 2.38. The minimum absolute atomic E-state index is 0.303. The maximum Gasteiger partial charge on any atom is 0.208 e. The molecule has 100 valence electrons. The maximum atomic E-state index is 5.65. The Kier molecular flexibility index (Phi) is 3.25. The molecule has 1 aliphatic rings. The zero-order valence-corrected chi connectivity index (χ0v) is 11.3. The zero-order chi connectivity index (χ0) is 13.2. The van der Waals surface area contributed by atoms with E-state index in [0.29, 0.717) is 12.6 Å². The minimum atomic E-state index is 0.303. The lowest BCUT2D eigenvalue weighted by Gasteiger charge is -2.26. The van der Waals surface area contributed by atoms with Crippen LogP contribution < -0.4 is 10.1 Å². The van der Waals surface area contributed by atoms with E-state index in [9.17, 15) is 0 Å². The zero-order valence-electron chi connectivity index (χ0n) is 11.3. The van der Waals surface area contributed by atoms with Crippen molar-refractivity contribution < 1.29 is 9.15 Å². The summed E-state index contributed by atoms with van der Waals surface area (Å²) in [6, 6.07) is 8.47. The van der Waals surface area contributed by atoms with Gasteiger partial charge in [0, 0.05) is 18.0 Å². The van der Waals surface area contributed by atoms with Crippen LogP contribution in [-0.4, -0.2) is 11.6 Å². The van der Waals surface area contributed by atoms with Crippen molar-refractivity contribution in [1.29, 1.82) is 0 Å². The van der Waals surface area contributed by atoms with Gasteiger partial charge in [0.1, 0.15) is 11.5 Å². The summed E-state index contributed by atoms with van der Waals surface area (Å²) in [7, 11) is 0. The number of nitrogens with one attached hydrogen (secondary N) is 1. The molecule has 0 aliphatic carbocycles. The summed E-state index contributed by atoms with van der Waals surface area (Å²) in [6.07, 6.45) is 0.968. The van der Waals surface area contributed by atoms with Crippen molar-refractivity contribution in [1.82, 2.24) is 10.3 Å². The van der Waals surface area contributed by atoms with Gasteiger partial charge in [-0.15, -0.1) is 0 Å². The predicted octanol–water partition coefficient (Wildman–Crippen LogP) is 2.90. The Morgan fingerprint density at radius 2 is 2.16 bits per heavy atom. The van der Waals surface area contributed by atoms with Crippen LogP contribution in [0.4, 0.5) is 0 Å². The lowest BCUT2D eigenvalue weighted by atomic mass is 10.0. The SMILES string of the molecule is Cc1nc(CNC2CCOc3ccccc32)oc1C. The first kappa shape index (κ1) is 12.2. The van der Waals surface area contributed by atoms with Gasteiger partial charge >= 0.3 is 0 Å².